The number of anilines is 1. The van der Waals surface area contributed by atoms with Crippen molar-refractivity contribution < 1.29 is 27.5 Å². The molecule has 0 bridgehead atoms. The smallest absolute Gasteiger partial charge is 0.256 e. The first-order valence-electron chi connectivity index (χ1n) is 11.2. The maximum Gasteiger partial charge on any atom is 0.256 e. The van der Waals surface area contributed by atoms with Gasteiger partial charge in [-0.15, -0.1) is 0 Å². The van der Waals surface area contributed by atoms with Crippen molar-refractivity contribution in [3.63, 3.8) is 0 Å². The standard InChI is InChI=1S/C23H23F4N7O2/c1-13-17(25)18(21(2,3)36)31-20(30-13)33-11-22(26)9-32(10-23(22,27)12-33)19(35)15-5-4-14(24)8-16(15)34-28-6-7-29-34/h4-8,36H,9-12H2,1-3H3/t22-,23+. The zero-order chi connectivity index (χ0) is 26.0. The van der Waals surface area contributed by atoms with Gasteiger partial charge >= 0.3 is 0 Å². The lowest BCUT2D eigenvalue weighted by molar-refractivity contribution is 0.0491. The lowest BCUT2D eigenvalue weighted by atomic mass is 9.94. The molecule has 190 valence electrons. The topological polar surface area (TPSA) is 100 Å². The first-order chi connectivity index (χ1) is 16.8. The third kappa shape index (κ3) is 3.77. The van der Waals surface area contributed by atoms with Crippen molar-refractivity contribution in [2.45, 2.75) is 37.7 Å². The van der Waals surface area contributed by atoms with Crippen molar-refractivity contribution in [3.8, 4) is 5.69 Å². The number of likely N-dealkylation sites (tertiary alicyclic amines) is 1. The molecule has 2 saturated heterocycles. The number of amides is 1. The summed E-state index contributed by atoms with van der Waals surface area (Å²) in [5.41, 5.74) is -6.88. The highest BCUT2D eigenvalue weighted by Gasteiger charge is 2.67. The number of nitrogens with zero attached hydrogens (tertiary/aromatic N) is 7. The van der Waals surface area contributed by atoms with Crippen molar-refractivity contribution in [2.24, 2.45) is 0 Å². The molecule has 1 aromatic carbocycles. The summed E-state index contributed by atoms with van der Waals surface area (Å²) in [5, 5.41) is 18.1. The first kappa shape index (κ1) is 24.1. The molecule has 2 aromatic heterocycles. The molecule has 0 saturated carbocycles. The van der Waals surface area contributed by atoms with Gasteiger partial charge in [0.1, 0.15) is 22.8 Å². The first-order valence-corrected chi connectivity index (χ1v) is 11.2. The van der Waals surface area contributed by atoms with Crippen LogP contribution >= 0.6 is 0 Å². The highest BCUT2D eigenvalue weighted by Crippen LogP contribution is 2.46. The van der Waals surface area contributed by atoms with E-state index in [0.29, 0.717) is 0 Å². The van der Waals surface area contributed by atoms with Crippen LogP contribution in [0.1, 0.15) is 35.6 Å². The molecule has 9 nitrogen and oxygen atoms in total. The van der Waals surface area contributed by atoms with Gasteiger partial charge in [-0.25, -0.2) is 27.5 Å². The summed E-state index contributed by atoms with van der Waals surface area (Å²) in [6.07, 6.45) is 2.70. The van der Waals surface area contributed by atoms with Gasteiger partial charge < -0.3 is 14.9 Å². The number of aromatic nitrogens is 5. The number of carbonyl (C=O) groups excluding carboxylic acids is 1. The highest BCUT2D eigenvalue weighted by molar-refractivity contribution is 5.98. The second-order valence-corrected chi connectivity index (χ2v) is 9.76. The summed E-state index contributed by atoms with van der Waals surface area (Å²) < 4.78 is 60.4. The van der Waals surface area contributed by atoms with Crippen molar-refractivity contribution >= 4 is 11.9 Å². The van der Waals surface area contributed by atoms with Crippen molar-refractivity contribution in [2.75, 3.05) is 31.1 Å². The minimum Gasteiger partial charge on any atom is -0.384 e. The SMILES string of the molecule is Cc1nc(N2C[C@]3(F)CN(C(=O)c4ccc(F)cc4-n4nccn4)C[C@]3(F)C2)nc(C(C)(C)O)c1F. The van der Waals surface area contributed by atoms with Crippen LogP contribution in [0.2, 0.25) is 0 Å². The Morgan fingerprint density at radius 2 is 1.64 bits per heavy atom. The predicted octanol–water partition coefficient (Wildman–Crippen LogP) is 2.26. The van der Waals surface area contributed by atoms with E-state index >= 15 is 8.78 Å². The van der Waals surface area contributed by atoms with E-state index in [0.717, 1.165) is 21.8 Å². The molecule has 2 atom stereocenters. The van der Waals surface area contributed by atoms with E-state index < -0.39 is 60.7 Å². The van der Waals surface area contributed by atoms with Crippen LogP contribution in [0.5, 0.6) is 0 Å². The third-order valence-corrected chi connectivity index (χ3v) is 6.55. The van der Waals surface area contributed by atoms with Crippen molar-refractivity contribution in [3.05, 3.63) is 59.2 Å². The number of halogens is 4. The average Bonchev–Trinajstić information content (AvgIpc) is 3.46. The van der Waals surface area contributed by atoms with Gasteiger partial charge in [-0.2, -0.15) is 15.0 Å². The number of carbonyl (C=O) groups is 1. The van der Waals surface area contributed by atoms with Crippen LogP contribution in [0, 0.1) is 18.6 Å². The number of fused-ring (bicyclic) bond motifs is 1. The Hall–Kier alpha value is -3.61. The van der Waals surface area contributed by atoms with Crippen LogP contribution in [-0.2, 0) is 5.60 Å². The second kappa shape index (κ2) is 7.95. The quantitative estimate of drug-likeness (QED) is 0.543. The van der Waals surface area contributed by atoms with Gasteiger partial charge in [-0.1, -0.05) is 0 Å². The van der Waals surface area contributed by atoms with Crippen LogP contribution in [0.3, 0.4) is 0 Å². The maximum atomic E-state index is 16.0. The average molecular weight is 505 g/mol. The second-order valence-electron chi connectivity index (χ2n) is 9.76. The van der Waals surface area contributed by atoms with Crippen LogP contribution in [0.25, 0.3) is 5.69 Å². The summed E-state index contributed by atoms with van der Waals surface area (Å²) in [5.74, 6) is -2.24. The van der Waals surface area contributed by atoms with Gasteiger partial charge in [0.2, 0.25) is 5.95 Å². The summed E-state index contributed by atoms with van der Waals surface area (Å²) >= 11 is 0. The molecule has 0 radical (unpaired) electrons. The highest BCUT2D eigenvalue weighted by atomic mass is 19.2. The normalized spacial score (nSPS) is 23.9. The predicted molar refractivity (Wildman–Crippen MR) is 119 cm³/mol. The fourth-order valence-electron chi connectivity index (χ4n) is 4.73. The van der Waals surface area contributed by atoms with Gasteiger partial charge in [0, 0.05) is 6.07 Å². The van der Waals surface area contributed by atoms with Gasteiger partial charge in [0.05, 0.1) is 49.8 Å². The number of benzene rings is 1. The molecule has 5 rings (SSSR count). The summed E-state index contributed by atoms with van der Waals surface area (Å²) in [7, 11) is 0. The number of hydrogen-bond donors (Lipinski definition) is 1. The maximum absolute atomic E-state index is 16.0. The largest absolute Gasteiger partial charge is 0.384 e. The van der Waals surface area contributed by atoms with E-state index in [1.54, 1.807) is 0 Å². The zero-order valence-corrected chi connectivity index (χ0v) is 19.7. The fourth-order valence-corrected chi connectivity index (χ4v) is 4.73. The molecule has 1 N–H and O–H groups in total. The molecule has 0 unspecified atom stereocenters. The number of hydrogen-bond acceptors (Lipinski definition) is 7. The van der Waals surface area contributed by atoms with E-state index in [2.05, 4.69) is 20.2 Å². The molecule has 2 fully saturated rings. The lowest BCUT2D eigenvalue weighted by Gasteiger charge is -2.25. The van der Waals surface area contributed by atoms with Gasteiger partial charge in [0.15, 0.2) is 17.2 Å². The van der Waals surface area contributed by atoms with E-state index in [1.165, 1.54) is 44.1 Å². The zero-order valence-electron chi connectivity index (χ0n) is 19.7. The van der Waals surface area contributed by atoms with Gasteiger partial charge in [0.25, 0.3) is 5.91 Å². The van der Waals surface area contributed by atoms with Crippen LogP contribution in [0.4, 0.5) is 23.5 Å². The Morgan fingerprint density at radius 1 is 1.03 bits per heavy atom. The monoisotopic (exact) mass is 505 g/mol. The summed E-state index contributed by atoms with van der Waals surface area (Å²) in [4.78, 5) is 24.7. The Kier molecular flexibility index (Phi) is 5.32. The summed E-state index contributed by atoms with van der Waals surface area (Å²) in [6.45, 7) is 1.96. The number of aliphatic hydroxyl groups is 1. The number of rotatable bonds is 4. The molecule has 2 aliphatic heterocycles. The Balaban J connectivity index is 1.42. The Bertz CT molecular complexity index is 1330. The van der Waals surface area contributed by atoms with E-state index in [4.69, 9.17) is 0 Å². The van der Waals surface area contributed by atoms with E-state index in [1.807, 2.05) is 0 Å². The van der Waals surface area contributed by atoms with Crippen LogP contribution in [0.15, 0.2) is 30.6 Å². The molecule has 13 heteroatoms. The molecule has 0 spiro atoms. The van der Waals surface area contributed by atoms with Gasteiger partial charge in [-0.05, 0) is 32.9 Å². The molecule has 36 heavy (non-hydrogen) atoms. The minimum absolute atomic E-state index is 0.0102. The molecule has 4 heterocycles. The van der Waals surface area contributed by atoms with E-state index in [9.17, 15) is 18.7 Å². The minimum atomic E-state index is -2.46. The molecular weight excluding hydrogens is 482 g/mol. The molecule has 3 aromatic rings. The Morgan fingerprint density at radius 3 is 2.22 bits per heavy atom. The third-order valence-electron chi connectivity index (χ3n) is 6.55. The summed E-state index contributed by atoms with van der Waals surface area (Å²) in [6, 6.07) is 3.36. The fraction of sp³-hybridized carbons (Fsp3) is 0.435. The van der Waals surface area contributed by atoms with E-state index in [-0.39, 0.29) is 28.6 Å². The van der Waals surface area contributed by atoms with Crippen molar-refractivity contribution in [1.29, 1.82) is 0 Å². The van der Waals surface area contributed by atoms with Crippen LogP contribution < -0.4 is 4.90 Å². The van der Waals surface area contributed by atoms with Crippen molar-refractivity contribution in [1.82, 2.24) is 29.9 Å². The Labute approximate surface area is 203 Å². The molecule has 2 aliphatic rings. The van der Waals surface area contributed by atoms with Gasteiger partial charge in [-0.3, -0.25) is 4.79 Å². The molecule has 1 amide bonds. The molecular formula is C23H23F4N7O2. The number of alkyl halides is 2. The molecule has 0 aliphatic carbocycles. The number of aryl methyl sites for hydroxylation is 1. The lowest BCUT2D eigenvalue weighted by Crippen LogP contribution is -2.44. The van der Waals surface area contributed by atoms with Crippen LogP contribution in [-0.4, -0.2) is 78.4 Å².